The van der Waals surface area contributed by atoms with Crippen molar-refractivity contribution in [3.63, 3.8) is 0 Å². The number of hydrogen-bond donors (Lipinski definition) is 1. The Hall–Kier alpha value is -1.42. The van der Waals surface area contributed by atoms with E-state index < -0.39 is 0 Å². The Balaban J connectivity index is 2.46. The van der Waals surface area contributed by atoms with Gasteiger partial charge in [0.05, 0.1) is 21.3 Å². The molecule has 4 nitrogen and oxygen atoms in total. The average molecular weight is 265 g/mol. The third-order valence-electron chi connectivity index (χ3n) is 3.96. The summed E-state index contributed by atoms with van der Waals surface area (Å²) in [6.07, 6.45) is 2.35. The quantitative estimate of drug-likeness (QED) is 0.907. The lowest BCUT2D eigenvalue weighted by Gasteiger charge is -2.35. The molecule has 1 unspecified atom stereocenters. The lowest BCUT2D eigenvalue weighted by Crippen LogP contribution is -2.41. The molecule has 1 heterocycles. The molecule has 0 spiro atoms. The summed E-state index contributed by atoms with van der Waals surface area (Å²) < 4.78 is 16.2. The molecule has 106 valence electrons. The summed E-state index contributed by atoms with van der Waals surface area (Å²) in [6.45, 7) is 4.35. The van der Waals surface area contributed by atoms with Crippen molar-refractivity contribution >= 4 is 0 Å². The van der Waals surface area contributed by atoms with Crippen molar-refractivity contribution in [2.75, 3.05) is 34.4 Å². The summed E-state index contributed by atoms with van der Waals surface area (Å²) in [7, 11) is 4.94. The minimum Gasteiger partial charge on any atom is -0.493 e. The van der Waals surface area contributed by atoms with Gasteiger partial charge in [-0.25, -0.2) is 0 Å². The van der Waals surface area contributed by atoms with Gasteiger partial charge in [0.15, 0.2) is 11.5 Å². The van der Waals surface area contributed by atoms with Gasteiger partial charge < -0.3 is 19.5 Å². The second kappa shape index (κ2) is 5.70. The molecular formula is C15H23NO3. The molecule has 2 rings (SSSR count). The van der Waals surface area contributed by atoms with Crippen molar-refractivity contribution in [3.05, 3.63) is 17.7 Å². The molecule has 1 aromatic carbocycles. The largest absolute Gasteiger partial charge is 0.493 e. The molecule has 0 aromatic heterocycles. The van der Waals surface area contributed by atoms with Crippen molar-refractivity contribution in [2.24, 2.45) is 0 Å². The lowest BCUT2D eigenvalue weighted by atomic mass is 9.76. The summed E-state index contributed by atoms with van der Waals surface area (Å²) in [5.74, 6) is 2.11. The van der Waals surface area contributed by atoms with E-state index in [2.05, 4.69) is 24.4 Å². The van der Waals surface area contributed by atoms with Crippen LogP contribution >= 0.6 is 0 Å². The number of ether oxygens (including phenoxy) is 3. The van der Waals surface area contributed by atoms with E-state index in [4.69, 9.17) is 14.2 Å². The van der Waals surface area contributed by atoms with Crippen molar-refractivity contribution in [1.82, 2.24) is 5.32 Å². The van der Waals surface area contributed by atoms with Gasteiger partial charge in [-0.15, -0.1) is 0 Å². The predicted molar refractivity (Wildman–Crippen MR) is 75.6 cm³/mol. The maximum absolute atomic E-state index is 5.43. The van der Waals surface area contributed by atoms with Crippen LogP contribution in [0.25, 0.3) is 0 Å². The first kappa shape index (κ1) is 14.0. The minimum absolute atomic E-state index is 0.116. The monoisotopic (exact) mass is 265 g/mol. The molecule has 1 saturated heterocycles. The van der Waals surface area contributed by atoms with E-state index in [-0.39, 0.29) is 5.41 Å². The molecule has 19 heavy (non-hydrogen) atoms. The van der Waals surface area contributed by atoms with Gasteiger partial charge in [0, 0.05) is 12.0 Å². The summed E-state index contributed by atoms with van der Waals surface area (Å²) >= 11 is 0. The smallest absolute Gasteiger partial charge is 0.203 e. The first-order valence-electron chi connectivity index (χ1n) is 6.66. The molecule has 1 atom stereocenters. The molecule has 0 aliphatic carbocycles. The zero-order valence-corrected chi connectivity index (χ0v) is 12.2. The molecule has 1 fully saturated rings. The summed E-state index contributed by atoms with van der Waals surface area (Å²) in [4.78, 5) is 0. The van der Waals surface area contributed by atoms with Crippen LogP contribution in [0.4, 0.5) is 0 Å². The van der Waals surface area contributed by atoms with E-state index in [1.807, 2.05) is 0 Å². The number of rotatable bonds is 4. The van der Waals surface area contributed by atoms with Gasteiger partial charge in [-0.05, 0) is 37.1 Å². The van der Waals surface area contributed by atoms with E-state index in [0.717, 1.165) is 24.6 Å². The number of benzene rings is 1. The van der Waals surface area contributed by atoms with Gasteiger partial charge in [-0.3, -0.25) is 0 Å². The number of nitrogens with one attached hydrogen (secondary N) is 1. The predicted octanol–water partition coefficient (Wildman–Crippen LogP) is 2.35. The molecule has 0 radical (unpaired) electrons. The highest BCUT2D eigenvalue weighted by Gasteiger charge is 2.30. The Kier molecular flexibility index (Phi) is 4.20. The Morgan fingerprint density at radius 1 is 1.05 bits per heavy atom. The van der Waals surface area contributed by atoms with Crippen molar-refractivity contribution in [1.29, 1.82) is 0 Å². The number of hydrogen-bond acceptors (Lipinski definition) is 4. The average Bonchev–Trinajstić information content (AvgIpc) is 2.46. The summed E-state index contributed by atoms with van der Waals surface area (Å²) in [6, 6.07) is 4.13. The minimum atomic E-state index is 0.116. The first-order valence-corrected chi connectivity index (χ1v) is 6.66. The number of piperidine rings is 1. The fourth-order valence-electron chi connectivity index (χ4n) is 2.73. The van der Waals surface area contributed by atoms with Gasteiger partial charge in [-0.2, -0.15) is 0 Å². The first-order chi connectivity index (χ1) is 9.14. The van der Waals surface area contributed by atoms with Gasteiger partial charge in [0.2, 0.25) is 5.75 Å². The van der Waals surface area contributed by atoms with Gasteiger partial charge in [0.25, 0.3) is 0 Å². The molecule has 1 aliphatic rings. The van der Waals surface area contributed by atoms with Crippen molar-refractivity contribution < 1.29 is 14.2 Å². The molecule has 4 heteroatoms. The molecule has 1 N–H and O–H groups in total. The lowest BCUT2D eigenvalue weighted by molar-refractivity contribution is 0.313. The maximum atomic E-state index is 5.43. The Morgan fingerprint density at radius 3 is 2.11 bits per heavy atom. The zero-order chi connectivity index (χ0) is 13.9. The van der Waals surface area contributed by atoms with Crippen LogP contribution in [0.2, 0.25) is 0 Å². The SMILES string of the molecule is COc1cc(C2(C)CCCNC2)cc(OC)c1OC. The van der Waals surface area contributed by atoms with E-state index in [9.17, 15) is 0 Å². The third kappa shape index (κ3) is 2.63. The standard InChI is InChI=1S/C15H23NO3/c1-15(6-5-7-16-10-15)11-8-12(17-2)14(19-4)13(9-11)18-3/h8-9,16H,5-7,10H2,1-4H3. The van der Waals surface area contributed by atoms with Gasteiger partial charge in [-0.1, -0.05) is 6.92 Å². The molecule has 0 saturated carbocycles. The number of methoxy groups -OCH3 is 3. The molecule has 1 aliphatic heterocycles. The highest BCUT2D eigenvalue weighted by molar-refractivity contribution is 5.55. The van der Waals surface area contributed by atoms with Crippen LogP contribution in [-0.4, -0.2) is 34.4 Å². The molecular weight excluding hydrogens is 242 g/mol. The van der Waals surface area contributed by atoms with Crippen LogP contribution in [0.3, 0.4) is 0 Å². The van der Waals surface area contributed by atoms with Gasteiger partial charge in [0.1, 0.15) is 0 Å². The van der Waals surface area contributed by atoms with Crippen LogP contribution < -0.4 is 19.5 Å². The topological polar surface area (TPSA) is 39.7 Å². The highest BCUT2D eigenvalue weighted by atomic mass is 16.5. The highest BCUT2D eigenvalue weighted by Crippen LogP contribution is 2.42. The summed E-state index contributed by atoms with van der Waals surface area (Å²) in [5.41, 5.74) is 1.35. The van der Waals surface area contributed by atoms with Crippen LogP contribution in [-0.2, 0) is 5.41 Å². The van der Waals surface area contributed by atoms with Crippen molar-refractivity contribution in [2.45, 2.75) is 25.2 Å². The third-order valence-corrected chi connectivity index (χ3v) is 3.96. The van der Waals surface area contributed by atoms with Gasteiger partial charge >= 0.3 is 0 Å². The van der Waals surface area contributed by atoms with Crippen LogP contribution in [0.5, 0.6) is 17.2 Å². The second-order valence-corrected chi connectivity index (χ2v) is 5.26. The normalized spacial score (nSPS) is 22.9. The zero-order valence-electron chi connectivity index (χ0n) is 12.2. The van der Waals surface area contributed by atoms with Crippen LogP contribution in [0, 0.1) is 0 Å². The van der Waals surface area contributed by atoms with E-state index in [1.165, 1.54) is 18.4 Å². The van der Waals surface area contributed by atoms with Crippen LogP contribution in [0.1, 0.15) is 25.3 Å². The van der Waals surface area contributed by atoms with E-state index in [1.54, 1.807) is 21.3 Å². The fraction of sp³-hybridized carbons (Fsp3) is 0.600. The van der Waals surface area contributed by atoms with Crippen LogP contribution in [0.15, 0.2) is 12.1 Å². The molecule has 1 aromatic rings. The summed E-state index contributed by atoms with van der Waals surface area (Å²) in [5, 5.41) is 3.46. The Bertz CT molecular complexity index is 414. The Morgan fingerprint density at radius 2 is 1.68 bits per heavy atom. The molecule has 0 amide bonds. The van der Waals surface area contributed by atoms with Crippen molar-refractivity contribution in [3.8, 4) is 17.2 Å². The fourth-order valence-corrected chi connectivity index (χ4v) is 2.73. The van der Waals surface area contributed by atoms with E-state index >= 15 is 0 Å². The molecule has 0 bridgehead atoms. The second-order valence-electron chi connectivity index (χ2n) is 5.26. The van der Waals surface area contributed by atoms with E-state index in [0.29, 0.717) is 5.75 Å². The maximum Gasteiger partial charge on any atom is 0.203 e. The Labute approximate surface area is 115 Å².